The number of aromatic amines is 1. The van der Waals surface area contributed by atoms with Crippen LogP contribution in [0, 0.1) is 0 Å². The van der Waals surface area contributed by atoms with Crippen LogP contribution in [-0.4, -0.2) is 29.5 Å². The standard InChI is InChI=1S/C18H17ClN4O/c1-20-18(24)12-3-2-7-21-17(12)23-8-6-16-14(10-23)13-9-11(19)4-5-15(13)22-16/h2-5,7,9,22H,6,8,10H2,1H3,(H,20,24). The van der Waals surface area contributed by atoms with E-state index in [4.69, 9.17) is 11.6 Å². The van der Waals surface area contributed by atoms with E-state index in [1.807, 2.05) is 24.3 Å². The van der Waals surface area contributed by atoms with Gasteiger partial charge in [0.25, 0.3) is 5.91 Å². The van der Waals surface area contributed by atoms with Crippen LogP contribution in [0.2, 0.25) is 5.02 Å². The third-order valence-corrected chi connectivity index (χ3v) is 4.73. The molecule has 0 unspecified atom stereocenters. The summed E-state index contributed by atoms with van der Waals surface area (Å²) < 4.78 is 0. The largest absolute Gasteiger partial charge is 0.358 e. The number of hydrogen-bond donors (Lipinski definition) is 2. The molecule has 4 rings (SSSR count). The van der Waals surface area contributed by atoms with Gasteiger partial charge in [-0.25, -0.2) is 4.98 Å². The molecule has 0 atom stereocenters. The van der Waals surface area contributed by atoms with Crippen LogP contribution in [0.15, 0.2) is 36.5 Å². The number of carbonyl (C=O) groups excluding carboxylic acids is 1. The maximum absolute atomic E-state index is 12.1. The monoisotopic (exact) mass is 340 g/mol. The average molecular weight is 341 g/mol. The Morgan fingerprint density at radius 3 is 3.08 bits per heavy atom. The van der Waals surface area contributed by atoms with Crippen LogP contribution in [0.1, 0.15) is 21.6 Å². The molecule has 122 valence electrons. The fourth-order valence-corrected chi connectivity index (χ4v) is 3.50. The molecule has 2 N–H and O–H groups in total. The van der Waals surface area contributed by atoms with Gasteiger partial charge in [0.15, 0.2) is 0 Å². The molecule has 3 aromatic rings. The Morgan fingerprint density at radius 1 is 1.38 bits per heavy atom. The number of nitrogens with one attached hydrogen (secondary N) is 2. The molecule has 2 aromatic heterocycles. The number of nitrogens with zero attached hydrogens (tertiary/aromatic N) is 2. The van der Waals surface area contributed by atoms with Gasteiger partial charge in [-0.05, 0) is 30.3 Å². The number of pyridine rings is 1. The molecule has 1 aliphatic heterocycles. The van der Waals surface area contributed by atoms with Gasteiger partial charge in [-0.15, -0.1) is 0 Å². The first kappa shape index (κ1) is 15.0. The number of anilines is 1. The van der Waals surface area contributed by atoms with Crippen molar-refractivity contribution in [2.75, 3.05) is 18.5 Å². The lowest BCUT2D eigenvalue weighted by atomic mass is 10.0. The molecule has 0 saturated carbocycles. The Kier molecular flexibility index (Phi) is 3.65. The molecule has 0 spiro atoms. The Labute approximate surface area is 144 Å². The van der Waals surface area contributed by atoms with Gasteiger partial charge >= 0.3 is 0 Å². The highest BCUT2D eigenvalue weighted by Crippen LogP contribution is 2.32. The molecular formula is C18H17ClN4O. The lowest BCUT2D eigenvalue weighted by Crippen LogP contribution is -2.33. The Balaban J connectivity index is 1.76. The molecule has 0 saturated heterocycles. The predicted octanol–water partition coefficient (Wildman–Crippen LogP) is 3.14. The van der Waals surface area contributed by atoms with E-state index >= 15 is 0 Å². The van der Waals surface area contributed by atoms with Crippen LogP contribution < -0.4 is 10.2 Å². The molecule has 6 heteroatoms. The molecule has 0 fully saturated rings. The number of fused-ring (bicyclic) bond motifs is 3. The second-order valence-electron chi connectivity index (χ2n) is 5.90. The van der Waals surface area contributed by atoms with Crippen LogP contribution >= 0.6 is 11.6 Å². The lowest BCUT2D eigenvalue weighted by Gasteiger charge is -2.29. The van der Waals surface area contributed by atoms with E-state index < -0.39 is 0 Å². The van der Waals surface area contributed by atoms with Crippen LogP contribution in [-0.2, 0) is 13.0 Å². The first-order valence-corrected chi connectivity index (χ1v) is 8.26. The lowest BCUT2D eigenvalue weighted by molar-refractivity contribution is 0.0963. The Morgan fingerprint density at radius 2 is 2.25 bits per heavy atom. The zero-order valence-corrected chi connectivity index (χ0v) is 14.0. The molecule has 5 nitrogen and oxygen atoms in total. The molecule has 0 radical (unpaired) electrons. The highest BCUT2D eigenvalue weighted by Gasteiger charge is 2.24. The van der Waals surface area contributed by atoms with Crippen molar-refractivity contribution in [1.82, 2.24) is 15.3 Å². The third-order valence-electron chi connectivity index (χ3n) is 4.50. The van der Waals surface area contributed by atoms with Crippen LogP contribution in [0.4, 0.5) is 5.82 Å². The van der Waals surface area contributed by atoms with Crippen molar-refractivity contribution in [1.29, 1.82) is 0 Å². The van der Waals surface area contributed by atoms with E-state index in [1.165, 1.54) is 11.3 Å². The summed E-state index contributed by atoms with van der Waals surface area (Å²) in [7, 11) is 1.63. The van der Waals surface area contributed by atoms with E-state index in [-0.39, 0.29) is 5.91 Å². The summed E-state index contributed by atoms with van der Waals surface area (Å²) in [5.74, 6) is 0.602. The molecule has 0 bridgehead atoms. The van der Waals surface area contributed by atoms with E-state index in [9.17, 15) is 4.79 Å². The molecular weight excluding hydrogens is 324 g/mol. The second kappa shape index (κ2) is 5.83. The van der Waals surface area contributed by atoms with Crippen molar-refractivity contribution in [3.63, 3.8) is 0 Å². The molecule has 0 aliphatic carbocycles. The van der Waals surface area contributed by atoms with Crippen molar-refractivity contribution < 1.29 is 4.79 Å². The zero-order valence-electron chi connectivity index (χ0n) is 13.3. The van der Waals surface area contributed by atoms with Crippen LogP contribution in [0.3, 0.4) is 0 Å². The van der Waals surface area contributed by atoms with Gasteiger partial charge in [-0.3, -0.25) is 4.79 Å². The summed E-state index contributed by atoms with van der Waals surface area (Å²) in [5, 5.41) is 4.55. The minimum absolute atomic E-state index is 0.120. The number of amides is 1. The fourth-order valence-electron chi connectivity index (χ4n) is 3.33. The SMILES string of the molecule is CNC(=O)c1cccnc1N1CCc2[nH]c3ccc(Cl)cc3c2C1. The molecule has 1 aromatic carbocycles. The first-order valence-electron chi connectivity index (χ1n) is 7.88. The van der Waals surface area contributed by atoms with Gasteiger partial charge in [-0.1, -0.05) is 11.6 Å². The highest BCUT2D eigenvalue weighted by molar-refractivity contribution is 6.31. The zero-order chi connectivity index (χ0) is 16.7. The summed E-state index contributed by atoms with van der Waals surface area (Å²) >= 11 is 6.16. The van der Waals surface area contributed by atoms with Crippen LogP contribution in [0.25, 0.3) is 10.9 Å². The highest BCUT2D eigenvalue weighted by atomic mass is 35.5. The number of hydrogen-bond acceptors (Lipinski definition) is 3. The van der Waals surface area contributed by atoms with Crippen molar-refractivity contribution in [2.45, 2.75) is 13.0 Å². The number of aromatic nitrogens is 2. The summed E-state index contributed by atoms with van der Waals surface area (Å²) in [6, 6.07) is 9.49. The summed E-state index contributed by atoms with van der Waals surface area (Å²) in [6.45, 7) is 1.52. The van der Waals surface area contributed by atoms with Gasteiger partial charge in [0.2, 0.25) is 0 Å². The molecule has 1 aliphatic rings. The van der Waals surface area contributed by atoms with Crippen LogP contribution in [0.5, 0.6) is 0 Å². The fraction of sp³-hybridized carbons (Fsp3) is 0.222. The van der Waals surface area contributed by atoms with Gasteiger partial charge in [0.1, 0.15) is 5.82 Å². The Hall–Kier alpha value is -2.53. The Bertz CT molecular complexity index is 934. The van der Waals surface area contributed by atoms with Crippen molar-refractivity contribution >= 4 is 34.2 Å². The maximum Gasteiger partial charge on any atom is 0.254 e. The minimum atomic E-state index is -0.120. The second-order valence-corrected chi connectivity index (χ2v) is 6.33. The molecule has 3 heterocycles. The minimum Gasteiger partial charge on any atom is -0.358 e. The average Bonchev–Trinajstić information content (AvgIpc) is 2.98. The van der Waals surface area contributed by atoms with Crippen molar-refractivity contribution in [3.8, 4) is 0 Å². The topological polar surface area (TPSA) is 61.0 Å². The number of carbonyl (C=O) groups is 1. The van der Waals surface area contributed by atoms with Gasteiger partial charge in [-0.2, -0.15) is 0 Å². The maximum atomic E-state index is 12.1. The van der Waals surface area contributed by atoms with Gasteiger partial charge in [0, 0.05) is 59.9 Å². The smallest absolute Gasteiger partial charge is 0.254 e. The van der Waals surface area contributed by atoms with E-state index in [1.54, 1.807) is 19.3 Å². The summed E-state index contributed by atoms with van der Waals surface area (Å²) in [6.07, 6.45) is 2.61. The van der Waals surface area contributed by atoms with Crippen molar-refractivity contribution in [3.05, 3.63) is 58.4 Å². The third kappa shape index (κ3) is 2.41. The molecule has 24 heavy (non-hydrogen) atoms. The predicted molar refractivity (Wildman–Crippen MR) is 95.7 cm³/mol. The van der Waals surface area contributed by atoms with Gasteiger partial charge in [0.05, 0.1) is 5.56 Å². The van der Waals surface area contributed by atoms with E-state index in [0.29, 0.717) is 12.1 Å². The quantitative estimate of drug-likeness (QED) is 0.753. The summed E-state index contributed by atoms with van der Waals surface area (Å²) in [5.41, 5.74) is 4.16. The van der Waals surface area contributed by atoms with E-state index in [2.05, 4.69) is 20.2 Å². The summed E-state index contributed by atoms with van der Waals surface area (Å²) in [4.78, 5) is 22.2. The number of benzene rings is 1. The number of H-pyrrole nitrogens is 1. The van der Waals surface area contributed by atoms with Gasteiger partial charge < -0.3 is 15.2 Å². The van der Waals surface area contributed by atoms with Crippen molar-refractivity contribution in [2.24, 2.45) is 0 Å². The van der Waals surface area contributed by atoms with E-state index in [0.717, 1.165) is 34.7 Å². The number of rotatable bonds is 2. The first-order chi connectivity index (χ1) is 11.7. The normalized spacial score (nSPS) is 13.8. The molecule has 1 amide bonds. The number of halogens is 1.